The quantitative estimate of drug-likeness (QED) is 0.685. The second kappa shape index (κ2) is 7.45. The summed E-state index contributed by atoms with van der Waals surface area (Å²) in [5.41, 5.74) is 2.53. The lowest BCUT2D eigenvalue weighted by Crippen LogP contribution is -2.06. The maximum absolute atomic E-state index is 12.3. The zero-order chi connectivity index (χ0) is 16.1. The molecule has 0 aliphatic heterocycles. The molecule has 0 aliphatic rings. The van der Waals surface area contributed by atoms with Crippen LogP contribution in [0.5, 0.6) is 0 Å². The molecule has 0 spiro atoms. The molecule has 2 aromatic rings. The van der Waals surface area contributed by atoms with Gasteiger partial charge in [-0.3, -0.25) is 4.79 Å². The lowest BCUT2D eigenvalue weighted by atomic mass is 9.92. The van der Waals surface area contributed by atoms with Gasteiger partial charge in [-0.15, -0.1) is 0 Å². The minimum atomic E-state index is -0.465. The third-order valence-electron chi connectivity index (χ3n) is 3.58. The number of carbonyl (C=O) groups excluding carboxylic acids is 1. The van der Waals surface area contributed by atoms with Crippen molar-refractivity contribution in [1.82, 2.24) is 0 Å². The van der Waals surface area contributed by atoms with Gasteiger partial charge in [0.1, 0.15) is 0 Å². The Morgan fingerprint density at radius 1 is 1.14 bits per heavy atom. The molecule has 2 aromatic carbocycles. The van der Waals surface area contributed by atoms with Crippen LogP contribution in [-0.4, -0.2) is 5.78 Å². The first kappa shape index (κ1) is 16.5. The maximum Gasteiger partial charge on any atom is 0.164 e. The molecule has 1 atom stereocenters. The SMILES string of the molecule is CCc1ccc(C(C#N)CC(=O)c2ccc(Cl)c(Cl)c2)cc1. The van der Waals surface area contributed by atoms with Crippen LogP contribution in [0.25, 0.3) is 0 Å². The number of hydrogen-bond donors (Lipinski definition) is 0. The molecule has 112 valence electrons. The van der Waals surface area contributed by atoms with E-state index >= 15 is 0 Å². The summed E-state index contributed by atoms with van der Waals surface area (Å²) in [6, 6.07) is 14.8. The molecule has 0 N–H and O–H groups in total. The third kappa shape index (κ3) is 3.88. The van der Waals surface area contributed by atoms with Crippen molar-refractivity contribution in [1.29, 1.82) is 5.26 Å². The molecule has 1 unspecified atom stereocenters. The summed E-state index contributed by atoms with van der Waals surface area (Å²) < 4.78 is 0. The van der Waals surface area contributed by atoms with Crippen molar-refractivity contribution in [2.75, 3.05) is 0 Å². The highest BCUT2D eigenvalue weighted by molar-refractivity contribution is 6.42. The molecule has 2 rings (SSSR count). The van der Waals surface area contributed by atoms with E-state index in [1.807, 2.05) is 24.3 Å². The summed E-state index contributed by atoms with van der Waals surface area (Å²) in [4.78, 5) is 12.3. The molecule has 0 amide bonds. The van der Waals surface area contributed by atoms with Gasteiger partial charge in [0.2, 0.25) is 0 Å². The molecule has 0 fully saturated rings. The zero-order valence-corrected chi connectivity index (χ0v) is 13.7. The molecule has 0 heterocycles. The van der Waals surface area contributed by atoms with E-state index in [9.17, 15) is 10.1 Å². The Kier molecular flexibility index (Phi) is 5.60. The van der Waals surface area contributed by atoms with E-state index in [2.05, 4.69) is 13.0 Å². The predicted octanol–water partition coefficient (Wildman–Crippen LogP) is 5.44. The van der Waals surface area contributed by atoms with E-state index < -0.39 is 5.92 Å². The molecule has 0 radical (unpaired) electrons. The van der Waals surface area contributed by atoms with Gasteiger partial charge in [0.15, 0.2) is 5.78 Å². The van der Waals surface area contributed by atoms with Crippen molar-refractivity contribution in [3.05, 3.63) is 69.2 Å². The van der Waals surface area contributed by atoms with Crippen LogP contribution >= 0.6 is 23.2 Å². The van der Waals surface area contributed by atoms with Gasteiger partial charge in [-0.25, -0.2) is 0 Å². The number of nitrogens with zero attached hydrogens (tertiary/aromatic N) is 1. The smallest absolute Gasteiger partial charge is 0.164 e. The molecule has 0 saturated carbocycles. The van der Waals surface area contributed by atoms with Crippen LogP contribution < -0.4 is 0 Å². The first-order valence-corrected chi connectivity index (χ1v) is 7.77. The standard InChI is InChI=1S/C18H15Cl2NO/c1-2-12-3-5-13(6-4-12)15(11-21)10-18(22)14-7-8-16(19)17(20)9-14/h3-9,15H,2,10H2,1H3. The number of ketones is 1. The van der Waals surface area contributed by atoms with E-state index in [1.54, 1.807) is 18.2 Å². The third-order valence-corrected chi connectivity index (χ3v) is 4.32. The average molecular weight is 332 g/mol. The first-order chi connectivity index (χ1) is 10.5. The number of nitriles is 1. The minimum Gasteiger partial charge on any atom is -0.294 e. The van der Waals surface area contributed by atoms with Crippen LogP contribution in [0.1, 0.15) is 40.7 Å². The Balaban J connectivity index is 2.16. The lowest BCUT2D eigenvalue weighted by Gasteiger charge is -2.10. The Hall–Kier alpha value is -1.82. The fourth-order valence-corrected chi connectivity index (χ4v) is 2.49. The Labute approximate surface area is 140 Å². The highest BCUT2D eigenvalue weighted by atomic mass is 35.5. The van der Waals surface area contributed by atoms with Crippen LogP contribution in [-0.2, 0) is 6.42 Å². The van der Waals surface area contributed by atoms with Crippen molar-refractivity contribution in [2.24, 2.45) is 0 Å². The summed E-state index contributed by atoms with van der Waals surface area (Å²) in [5.74, 6) is -0.586. The largest absolute Gasteiger partial charge is 0.294 e. The van der Waals surface area contributed by atoms with E-state index in [0.29, 0.717) is 15.6 Å². The second-order valence-corrected chi connectivity index (χ2v) is 5.85. The summed E-state index contributed by atoms with van der Waals surface area (Å²) >= 11 is 11.8. The van der Waals surface area contributed by atoms with Crippen molar-refractivity contribution in [3.8, 4) is 6.07 Å². The number of carbonyl (C=O) groups is 1. The summed E-state index contributed by atoms with van der Waals surface area (Å²) in [6.07, 6.45) is 1.07. The molecule has 0 aliphatic carbocycles. The fraction of sp³-hybridized carbons (Fsp3) is 0.222. The Morgan fingerprint density at radius 3 is 2.36 bits per heavy atom. The first-order valence-electron chi connectivity index (χ1n) is 7.01. The topological polar surface area (TPSA) is 40.9 Å². The van der Waals surface area contributed by atoms with Gasteiger partial charge in [0.05, 0.1) is 22.0 Å². The Bertz CT molecular complexity index is 717. The molecular formula is C18H15Cl2NO. The van der Waals surface area contributed by atoms with Crippen LogP contribution in [0, 0.1) is 11.3 Å². The molecule has 2 nitrogen and oxygen atoms in total. The van der Waals surface area contributed by atoms with Crippen molar-refractivity contribution < 1.29 is 4.79 Å². The number of benzene rings is 2. The minimum absolute atomic E-state index is 0.121. The van der Waals surface area contributed by atoms with Crippen molar-refractivity contribution in [3.63, 3.8) is 0 Å². The van der Waals surface area contributed by atoms with E-state index in [4.69, 9.17) is 23.2 Å². The number of aryl methyl sites for hydroxylation is 1. The average Bonchev–Trinajstić information content (AvgIpc) is 2.55. The van der Waals surface area contributed by atoms with Gasteiger partial charge in [-0.2, -0.15) is 5.26 Å². The number of hydrogen-bond acceptors (Lipinski definition) is 2. The molecule has 0 bridgehead atoms. The van der Waals surface area contributed by atoms with Gasteiger partial charge < -0.3 is 0 Å². The Morgan fingerprint density at radius 2 is 1.82 bits per heavy atom. The highest BCUT2D eigenvalue weighted by Crippen LogP contribution is 2.26. The normalized spacial score (nSPS) is 11.7. The fourth-order valence-electron chi connectivity index (χ4n) is 2.20. The zero-order valence-electron chi connectivity index (χ0n) is 12.1. The number of Topliss-reactive ketones (excluding diaryl/α,β-unsaturated/α-hetero) is 1. The van der Waals surface area contributed by atoms with Gasteiger partial charge in [0, 0.05) is 12.0 Å². The summed E-state index contributed by atoms with van der Waals surface area (Å²) in [6.45, 7) is 2.07. The highest BCUT2D eigenvalue weighted by Gasteiger charge is 2.17. The van der Waals surface area contributed by atoms with E-state index in [1.165, 1.54) is 5.56 Å². The monoisotopic (exact) mass is 331 g/mol. The van der Waals surface area contributed by atoms with Gasteiger partial charge in [-0.05, 0) is 35.7 Å². The van der Waals surface area contributed by atoms with Crippen molar-refractivity contribution in [2.45, 2.75) is 25.7 Å². The van der Waals surface area contributed by atoms with Crippen LogP contribution in [0.15, 0.2) is 42.5 Å². The number of rotatable bonds is 5. The molecule has 22 heavy (non-hydrogen) atoms. The summed E-state index contributed by atoms with van der Waals surface area (Å²) in [7, 11) is 0. The van der Waals surface area contributed by atoms with Crippen molar-refractivity contribution >= 4 is 29.0 Å². The van der Waals surface area contributed by atoms with Crippen LogP contribution in [0.2, 0.25) is 10.0 Å². The maximum atomic E-state index is 12.3. The van der Waals surface area contributed by atoms with E-state index in [0.717, 1.165) is 12.0 Å². The molecular weight excluding hydrogens is 317 g/mol. The van der Waals surface area contributed by atoms with E-state index in [-0.39, 0.29) is 12.2 Å². The van der Waals surface area contributed by atoms with Gasteiger partial charge in [-0.1, -0.05) is 54.4 Å². The molecule has 0 saturated heterocycles. The van der Waals surface area contributed by atoms with Gasteiger partial charge >= 0.3 is 0 Å². The predicted molar refractivity (Wildman–Crippen MR) is 89.6 cm³/mol. The van der Waals surface area contributed by atoms with Gasteiger partial charge in [0.25, 0.3) is 0 Å². The lowest BCUT2D eigenvalue weighted by molar-refractivity contribution is 0.0979. The molecule has 4 heteroatoms. The second-order valence-electron chi connectivity index (χ2n) is 5.03. The van der Waals surface area contributed by atoms with Crippen LogP contribution in [0.4, 0.5) is 0 Å². The molecule has 0 aromatic heterocycles. The summed E-state index contributed by atoms with van der Waals surface area (Å²) in [5, 5.41) is 10.1. The van der Waals surface area contributed by atoms with Crippen LogP contribution in [0.3, 0.4) is 0 Å². The number of halogens is 2.